The minimum atomic E-state index is 0.652. The lowest BCUT2D eigenvalue weighted by molar-refractivity contribution is 1.16. The first-order valence-electron chi connectivity index (χ1n) is 6.78. The average Bonchev–Trinajstić information content (AvgIpc) is 2.54. The van der Waals surface area contributed by atoms with Crippen LogP contribution in [0.3, 0.4) is 0 Å². The van der Waals surface area contributed by atoms with E-state index >= 15 is 0 Å². The third-order valence-electron chi connectivity index (χ3n) is 3.15. The minimum absolute atomic E-state index is 0.652. The van der Waals surface area contributed by atoms with Gasteiger partial charge < -0.3 is 5.32 Å². The van der Waals surface area contributed by atoms with E-state index in [-0.39, 0.29) is 0 Å². The fraction of sp³-hybridized carbons (Fsp3) is 0.188. The van der Waals surface area contributed by atoms with Crippen LogP contribution >= 0.6 is 11.8 Å². The van der Waals surface area contributed by atoms with Crippen LogP contribution in [0.15, 0.2) is 48.8 Å². The van der Waals surface area contributed by atoms with Crippen LogP contribution in [0.1, 0.15) is 5.56 Å². The average molecular weight is 296 g/mol. The summed E-state index contributed by atoms with van der Waals surface area (Å²) in [5, 5.41) is 3.30. The topological polar surface area (TPSA) is 50.7 Å². The van der Waals surface area contributed by atoms with E-state index in [2.05, 4.69) is 50.8 Å². The summed E-state index contributed by atoms with van der Waals surface area (Å²) in [6.07, 6.45) is 6.56. The van der Waals surface area contributed by atoms with Crippen molar-refractivity contribution in [2.45, 2.75) is 6.42 Å². The molecule has 0 amide bonds. The Balaban J connectivity index is 1.75. The quantitative estimate of drug-likeness (QED) is 0.778. The van der Waals surface area contributed by atoms with Crippen molar-refractivity contribution in [2.75, 3.05) is 17.3 Å². The van der Waals surface area contributed by atoms with Gasteiger partial charge in [-0.05, 0) is 48.3 Å². The van der Waals surface area contributed by atoms with Crippen LogP contribution in [0.2, 0.25) is 0 Å². The number of pyridine rings is 1. The van der Waals surface area contributed by atoms with E-state index in [1.165, 1.54) is 5.56 Å². The predicted molar refractivity (Wildman–Crippen MR) is 89.1 cm³/mol. The number of hydrogen-bond donors (Lipinski definition) is 1. The van der Waals surface area contributed by atoms with Gasteiger partial charge in [0.2, 0.25) is 0 Å². The van der Waals surface area contributed by atoms with Crippen LogP contribution in [-0.2, 0) is 6.42 Å². The van der Waals surface area contributed by atoms with Gasteiger partial charge in [-0.15, -0.1) is 0 Å². The van der Waals surface area contributed by atoms with Gasteiger partial charge in [-0.25, -0.2) is 9.97 Å². The highest BCUT2D eigenvalue weighted by Crippen LogP contribution is 2.17. The zero-order chi connectivity index (χ0) is 14.5. The summed E-state index contributed by atoms with van der Waals surface area (Å²) >= 11 is 1.87. The molecular formula is C16H16N4S. The molecule has 3 rings (SSSR count). The summed E-state index contributed by atoms with van der Waals surface area (Å²) in [7, 11) is 0. The van der Waals surface area contributed by atoms with Crippen molar-refractivity contribution >= 4 is 34.4 Å². The SMILES string of the molecule is CSCCc1ccc(Nc2ccc3nccnc3n2)cc1. The molecule has 5 heteroatoms. The number of nitrogens with one attached hydrogen (secondary N) is 1. The lowest BCUT2D eigenvalue weighted by atomic mass is 10.1. The highest BCUT2D eigenvalue weighted by Gasteiger charge is 2.01. The van der Waals surface area contributed by atoms with Crippen LogP contribution in [0, 0.1) is 0 Å². The second-order valence-corrected chi connectivity index (χ2v) is 5.65. The molecule has 3 aromatic rings. The molecule has 0 aliphatic carbocycles. The zero-order valence-electron chi connectivity index (χ0n) is 11.8. The molecule has 0 fully saturated rings. The Bertz CT molecular complexity index is 728. The molecule has 4 nitrogen and oxygen atoms in total. The molecule has 0 unspecified atom stereocenters. The van der Waals surface area contributed by atoms with Gasteiger partial charge in [0.25, 0.3) is 0 Å². The molecule has 0 atom stereocenters. The summed E-state index contributed by atoms with van der Waals surface area (Å²) in [4.78, 5) is 12.9. The number of fused-ring (bicyclic) bond motifs is 1. The van der Waals surface area contributed by atoms with Gasteiger partial charge >= 0.3 is 0 Å². The molecule has 0 aliphatic rings. The molecule has 0 aliphatic heterocycles. The predicted octanol–water partition coefficient (Wildman–Crippen LogP) is 3.67. The van der Waals surface area contributed by atoms with E-state index in [0.717, 1.165) is 29.2 Å². The van der Waals surface area contributed by atoms with Crippen LogP contribution < -0.4 is 5.32 Å². The fourth-order valence-electron chi connectivity index (χ4n) is 2.05. The van der Waals surface area contributed by atoms with Gasteiger partial charge in [-0.3, -0.25) is 4.98 Å². The second kappa shape index (κ2) is 6.54. The van der Waals surface area contributed by atoms with E-state index in [0.29, 0.717) is 5.65 Å². The molecule has 1 aromatic carbocycles. The normalized spacial score (nSPS) is 10.7. The number of aryl methyl sites for hydroxylation is 1. The van der Waals surface area contributed by atoms with E-state index in [4.69, 9.17) is 0 Å². The summed E-state index contributed by atoms with van der Waals surface area (Å²) in [5.74, 6) is 1.93. The second-order valence-electron chi connectivity index (χ2n) is 4.66. The molecule has 0 saturated carbocycles. The number of aromatic nitrogens is 3. The minimum Gasteiger partial charge on any atom is -0.340 e. The van der Waals surface area contributed by atoms with E-state index in [1.54, 1.807) is 12.4 Å². The molecule has 21 heavy (non-hydrogen) atoms. The van der Waals surface area contributed by atoms with E-state index in [9.17, 15) is 0 Å². The third kappa shape index (κ3) is 3.49. The van der Waals surface area contributed by atoms with Crippen molar-refractivity contribution in [1.29, 1.82) is 0 Å². The standard InChI is InChI=1S/C16H16N4S/c1-21-11-8-12-2-4-13(5-3-12)19-15-7-6-14-16(20-15)18-10-9-17-14/h2-7,9-10H,8,11H2,1H3,(H,18,19,20). The highest BCUT2D eigenvalue weighted by atomic mass is 32.2. The lowest BCUT2D eigenvalue weighted by Crippen LogP contribution is -1.96. The largest absolute Gasteiger partial charge is 0.340 e. The number of hydrogen-bond acceptors (Lipinski definition) is 5. The number of rotatable bonds is 5. The van der Waals surface area contributed by atoms with Crippen LogP contribution in [-0.4, -0.2) is 27.0 Å². The van der Waals surface area contributed by atoms with Crippen molar-refractivity contribution in [2.24, 2.45) is 0 Å². The van der Waals surface area contributed by atoms with Gasteiger partial charge in [0.1, 0.15) is 11.3 Å². The Morgan fingerprint density at radius 2 is 1.81 bits per heavy atom. The lowest BCUT2D eigenvalue weighted by Gasteiger charge is -2.07. The smallest absolute Gasteiger partial charge is 0.180 e. The Kier molecular flexibility index (Phi) is 4.31. The molecule has 0 bridgehead atoms. The first-order chi connectivity index (χ1) is 10.3. The fourth-order valence-corrected chi connectivity index (χ4v) is 2.49. The monoisotopic (exact) mass is 296 g/mol. The van der Waals surface area contributed by atoms with E-state index < -0.39 is 0 Å². The van der Waals surface area contributed by atoms with Gasteiger partial charge in [-0.2, -0.15) is 11.8 Å². The van der Waals surface area contributed by atoms with Crippen molar-refractivity contribution in [3.8, 4) is 0 Å². The molecule has 1 N–H and O–H groups in total. The van der Waals surface area contributed by atoms with Crippen LogP contribution in [0.4, 0.5) is 11.5 Å². The molecule has 2 aromatic heterocycles. The van der Waals surface area contributed by atoms with Gasteiger partial charge in [-0.1, -0.05) is 12.1 Å². The summed E-state index contributed by atoms with van der Waals surface area (Å²) < 4.78 is 0. The molecule has 0 spiro atoms. The van der Waals surface area contributed by atoms with Gasteiger partial charge in [0.15, 0.2) is 5.65 Å². The Labute approximate surface area is 128 Å². The first-order valence-corrected chi connectivity index (χ1v) is 8.17. The van der Waals surface area contributed by atoms with Crippen LogP contribution in [0.25, 0.3) is 11.2 Å². The summed E-state index contributed by atoms with van der Waals surface area (Å²) in [6, 6.07) is 12.3. The van der Waals surface area contributed by atoms with Gasteiger partial charge in [0.05, 0.1) is 0 Å². The van der Waals surface area contributed by atoms with E-state index in [1.807, 2.05) is 23.9 Å². The third-order valence-corrected chi connectivity index (χ3v) is 3.77. The van der Waals surface area contributed by atoms with Crippen molar-refractivity contribution in [1.82, 2.24) is 15.0 Å². The Hall–Kier alpha value is -2.14. The number of anilines is 2. The van der Waals surface area contributed by atoms with Crippen molar-refractivity contribution in [3.63, 3.8) is 0 Å². The summed E-state index contributed by atoms with van der Waals surface area (Å²) in [5.41, 5.74) is 3.83. The molecule has 2 heterocycles. The van der Waals surface area contributed by atoms with Crippen molar-refractivity contribution in [3.05, 3.63) is 54.4 Å². The summed E-state index contributed by atoms with van der Waals surface area (Å²) in [6.45, 7) is 0. The maximum Gasteiger partial charge on any atom is 0.180 e. The highest BCUT2D eigenvalue weighted by molar-refractivity contribution is 7.98. The Morgan fingerprint density at radius 3 is 2.62 bits per heavy atom. The van der Waals surface area contributed by atoms with Crippen molar-refractivity contribution < 1.29 is 0 Å². The molecular weight excluding hydrogens is 280 g/mol. The molecule has 0 saturated heterocycles. The molecule has 106 valence electrons. The van der Waals surface area contributed by atoms with Crippen LogP contribution in [0.5, 0.6) is 0 Å². The first kappa shape index (κ1) is 13.8. The number of thioether (sulfide) groups is 1. The molecule has 0 radical (unpaired) electrons. The number of benzene rings is 1. The Morgan fingerprint density at radius 1 is 1.00 bits per heavy atom. The maximum atomic E-state index is 4.45. The number of nitrogens with zero attached hydrogens (tertiary/aromatic N) is 3. The van der Waals surface area contributed by atoms with Gasteiger partial charge in [0, 0.05) is 18.1 Å². The zero-order valence-corrected chi connectivity index (χ0v) is 12.6. The maximum absolute atomic E-state index is 4.45.